The second-order valence-corrected chi connectivity index (χ2v) is 7.31. The molecule has 8 heteroatoms. The lowest BCUT2D eigenvalue weighted by Gasteiger charge is -2.23. The molecule has 1 atom stereocenters. The fraction of sp³-hybridized carbons (Fsp3) is 0.500. The molecular weight excluding hydrogens is 330 g/mol. The van der Waals surface area contributed by atoms with Crippen LogP contribution in [0, 0.1) is 0 Å². The Bertz CT molecular complexity index is 688. The maximum atomic E-state index is 11.9. The van der Waals surface area contributed by atoms with Crippen molar-refractivity contribution in [3.63, 3.8) is 0 Å². The quantitative estimate of drug-likeness (QED) is 0.804. The van der Waals surface area contributed by atoms with E-state index in [0.29, 0.717) is 11.7 Å². The van der Waals surface area contributed by atoms with Crippen LogP contribution in [-0.2, 0) is 20.7 Å². The summed E-state index contributed by atoms with van der Waals surface area (Å²) in [6.07, 6.45) is -0.509. The topological polar surface area (TPSA) is 94.3 Å². The van der Waals surface area contributed by atoms with Crippen molar-refractivity contribution < 1.29 is 18.8 Å². The van der Waals surface area contributed by atoms with Crippen molar-refractivity contribution in [1.29, 1.82) is 0 Å². The molecule has 0 aromatic carbocycles. The molecule has 0 radical (unpaired) electrons. The number of thiophene rings is 1. The molecule has 24 heavy (non-hydrogen) atoms. The average molecular weight is 351 g/mol. The fourth-order valence-electron chi connectivity index (χ4n) is 1.85. The number of hydrogen-bond acceptors (Lipinski definition) is 7. The number of amides is 1. The maximum Gasteiger partial charge on any atom is 0.307 e. The average Bonchev–Trinajstić information content (AvgIpc) is 3.14. The van der Waals surface area contributed by atoms with Crippen LogP contribution in [0.5, 0.6) is 0 Å². The number of nitrogens with zero attached hydrogens (tertiary/aromatic N) is 2. The van der Waals surface area contributed by atoms with Gasteiger partial charge in [0.2, 0.25) is 11.7 Å². The third-order valence-corrected chi connectivity index (χ3v) is 3.79. The number of carbonyl (C=O) groups is 2. The van der Waals surface area contributed by atoms with E-state index < -0.39 is 12.1 Å². The second-order valence-electron chi connectivity index (χ2n) is 6.36. The van der Waals surface area contributed by atoms with E-state index in [1.165, 1.54) is 11.3 Å². The predicted molar refractivity (Wildman–Crippen MR) is 89.4 cm³/mol. The Kier molecular flexibility index (Phi) is 5.71. The van der Waals surface area contributed by atoms with Crippen LogP contribution in [0.1, 0.15) is 40.0 Å². The number of ether oxygens (including phenoxy) is 1. The van der Waals surface area contributed by atoms with E-state index in [9.17, 15) is 9.59 Å². The molecule has 2 aromatic heterocycles. The summed E-state index contributed by atoms with van der Waals surface area (Å²) < 4.78 is 10.2. The van der Waals surface area contributed by atoms with Crippen LogP contribution in [0.15, 0.2) is 22.0 Å². The molecule has 0 unspecified atom stereocenters. The van der Waals surface area contributed by atoms with E-state index in [-0.39, 0.29) is 24.3 Å². The summed E-state index contributed by atoms with van der Waals surface area (Å²) >= 11 is 1.51. The molecule has 0 aliphatic heterocycles. The molecule has 2 heterocycles. The summed E-state index contributed by atoms with van der Waals surface area (Å²) in [6.45, 7) is 7.13. The van der Waals surface area contributed by atoms with Gasteiger partial charge in [0.25, 0.3) is 5.91 Å². The van der Waals surface area contributed by atoms with Crippen LogP contribution < -0.4 is 5.32 Å². The zero-order valence-electron chi connectivity index (χ0n) is 14.2. The number of aromatic nitrogens is 2. The smallest absolute Gasteiger partial charge is 0.307 e. The van der Waals surface area contributed by atoms with Crippen molar-refractivity contribution in [2.45, 2.75) is 52.2 Å². The summed E-state index contributed by atoms with van der Waals surface area (Å²) in [5.41, 5.74) is -0.375. The van der Waals surface area contributed by atoms with Gasteiger partial charge >= 0.3 is 5.97 Å². The second kappa shape index (κ2) is 7.57. The van der Waals surface area contributed by atoms with E-state index in [1.54, 1.807) is 6.92 Å². The Morgan fingerprint density at radius 1 is 1.42 bits per heavy atom. The lowest BCUT2D eigenvalue weighted by molar-refractivity contribution is -0.155. The first kappa shape index (κ1) is 18.1. The molecule has 7 nitrogen and oxygen atoms in total. The van der Waals surface area contributed by atoms with Crippen LogP contribution in [0.4, 0.5) is 0 Å². The third-order valence-electron chi connectivity index (χ3n) is 2.93. The number of esters is 1. The zero-order valence-corrected chi connectivity index (χ0v) is 15.0. The van der Waals surface area contributed by atoms with Crippen LogP contribution >= 0.6 is 11.3 Å². The Hall–Kier alpha value is -2.22. The van der Waals surface area contributed by atoms with E-state index in [2.05, 4.69) is 15.5 Å². The number of carbonyl (C=O) groups excluding carboxylic acids is 2. The number of nitrogens with one attached hydrogen (secondary N) is 1. The summed E-state index contributed by atoms with van der Waals surface area (Å²) in [6, 6.07) is 3.79. The van der Waals surface area contributed by atoms with Gasteiger partial charge < -0.3 is 14.6 Å². The van der Waals surface area contributed by atoms with Crippen LogP contribution in [0.2, 0.25) is 0 Å². The molecule has 0 aliphatic carbocycles. The van der Waals surface area contributed by atoms with E-state index in [1.807, 2.05) is 38.3 Å². The monoisotopic (exact) mass is 351 g/mol. The van der Waals surface area contributed by atoms with Gasteiger partial charge in [0.15, 0.2) is 6.10 Å². The SMILES string of the molecule is C[C@@H](OC(=O)CCc1nc(-c2cccs2)no1)C(=O)NC(C)(C)C. The lowest BCUT2D eigenvalue weighted by atomic mass is 10.1. The first-order valence-electron chi connectivity index (χ1n) is 7.62. The van der Waals surface area contributed by atoms with Gasteiger partial charge in [-0.25, -0.2) is 0 Å². The van der Waals surface area contributed by atoms with Gasteiger partial charge in [0, 0.05) is 12.0 Å². The zero-order chi connectivity index (χ0) is 17.7. The van der Waals surface area contributed by atoms with Gasteiger partial charge in [-0.05, 0) is 39.1 Å². The van der Waals surface area contributed by atoms with Gasteiger partial charge in [-0.1, -0.05) is 11.2 Å². The summed E-state index contributed by atoms with van der Waals surface area (Å²) in [5, 5.41) is 8.56. The van der Waals surface area contributed by atoms with Crippen molar-refractivity contribution in [3.8, 4) is 10.7 Å². The van der Waals surface area contributed by atoms with Gasteiger partial charge in [0.1, 0.15) is 0 Å². The number of rotatable bonds is 6. The highest BCUT2D eigenvalue weighted by Crippen LogP contribution is 2.21. The van der Waals surface area contributed by atoms with Crippen molar-refractivity contribution in [2.24, 2.45) is 0 Å². The molecule has 2 aromatic rings. The van der Waals surface area contributed by atoms with E-state index in [4.69, 9.17) is 9.26 Å². The molecular formula is C16H21N3O4S. The standard InChI is InChI=1S/C16H21N3O4S/c1-10(15(21)18-16(2,3)4)22-13(20)8-7-12-17-14(19-23-12)11-6-5-9-24-11/h5-6,9-10H,7-8H2,1-4H3,(H,18,21)/t10-/m1/s1. The normalized spacial score (nSPS) is 12.7. The molecule has 0 fully saturated rings. The van der Waals surface area contributed by atoms with Crippen LogP contribution in [0.25, 0.3) is 10.7 Å². The number of aryl methyl sites for hydroxylation is 1. The highest BCUT2D eigenvalue weighted by Gasteiger charge is 2.22. The predicted octanol–water partition coefficient (Wildman–Crippen LogP) is 2.58. The minimum Gasteiger partial charge on any atom is -0.453 e. The van der Waals surface area contributed by atoms with Gasteiger partial charge in [-0.2, -0.15) is 4.98 Å². The summed E-state index contributed by atoms with van der Waals surface area (Å²) in [7, 11) is 0. The van der Waals surface area contributed by atoms with Crippen molar-refractivity contribution in [2.75, 3.05) is 0 Å². The number of hydrogen-bond donors (Lipinski definition) is 1. The largest absolute Gasteiger partial charge is 0.453 e. The molecule has 0 spiro atoms. The van der Waals surface area contributed by atoms with Crippen LogP contribution in [-0.4, -0.2) is 33.7 Å². The van der Waals surface area contributed by atoms with Crippen molar-refractivity contribution >= 4 is 23.2 Å². The van der Waals surface area contributed by atoms with E-state index >= 15 is 0 Å². The lowest BCUT2D eigenvalue weighted by Crippen LogP contribution is -2.46. The van der Waals surface area contributed by atoms with Gasteiger partial charge in [-0.15, -0.1) is 11.3 Å². The molecule has 1 N–H and O–H groups in total. The first-order chi connectivity index (χ1) is 11.2. The Morgan fingerprint density at radius 3 is 2.79 bits per heavy atom. The van der Waals surface area contributed by atoms with Gasteiger partial charge in [-0.3, -0.25) is 9.59 Å². The molecule has 2 rings (SSSR count). The summed E-state index contributed by atoms with van der Waals surface area (Å²) in [4.78, 5) is 28.9. The first-order valence-corrected chi connectivity index (χ1v) is 8.50. The molecule has 130 valence electrons. The van der Waals surface area contributed by atoms with Crippen molar-refractivity contribution in [3.05, 3.63) is 23.4 Å². The molecule has 0 aliphatic rings. The van der Waals surface area contributed by atoms with E-state index in [0.717, 1.165) is 4.88 Å². The third kappa shape index (κ3) is 5.45. The fourth-order valence-corrected chi connectivity index (χ4v) is 2.50. The van der Waals surface area contributed by atoms with Crippen molar-refractivity contribution in [1.82, 2.24) is 15.5 Å². The van der Waals surface area contributed by atoms with Crippen LogP contribution in [0.3, 0.4) is 0 Å². The maximum absolute atomic E-state index is 11.9. The summed E-state index contributed by atoms with van der Waals surface area (Å²) in [5.74, 6) is 0.0597. The molecule has 1 amide bonds. The molecule has 0 bridgehead atoms. The highest BCUT2D eigenvalue weighted by molar-refractivity contribution is 7.13. The molecule has 0 saturated heterocycles. The Labute approximate surface area is 144 Å². The Balaban J connectivity index is 1.80. The van der Waals surface area contributed by atoms with Gasteiger partial charge in [0.05, 0.1) is 11.3 Å². The highest BCUT2D eigenvalue weighted by atomic mass is 32.1. The molecule has 0 saturated carbocycles. The Morgan fingerprint density at radius 2 is 2.17 bits per heavy atom. The minimum atomic E-state index is -0.846. The minimum absolute atomic E-state index is 0.0687.